The van der Waals surface area contributed by atoms with Crippen molar-refractivity contribution in [2.45, 2.75) is 56.8 Å². The van der Waals surface area contributed by atoms with E-state index < -0.39 is 0 Å². The topological polar surface area (TPSA) is 35.5 Å². The fraction of sp³-hybridized carbons (Fsp3) is 0.647. The molecule has 2 unspecified atom stereocenters. The molecule has 1 heterocycles. The molecule has 0 amide bonds. The highest BCUT2D eigenvalue weighted by molar-refractivity contribution is 5.14. The van der Waals surface area contributed by atoms with Gasteiger partial charge in [-0.25, -0.2) is 0 Å². The Morgan fingerprint density at radius 3 is 2.55 bits per heavy atom. The Labute approximate surface area is 122 Å². The lowest BCUT2D eigenvalue weighted by atomic mass is 9.94. The van der Waals surface area contributed by atoms with Gasteiger partial charge in [0.25, 0.3) is 0 Å². The van der Waals surface area contributed by atoms with Crippen LogP contribution < -0.4 is 5.32 Å². The predicted molar refractivity (Wildman–Crippen MR) is 81.5 cm³/mol. The van der Waals surface area contributed by atoms with Crippen LogP contribution in [0.2, 0.25) is 0 Å². The maximum atomic E-state index is 10.3. The van der Waals surface area contributed by atoms with Crippen molar-refractivity contribution in [1.82, 2.24) is 10.2 Å². The van der Waals surface area contributed by atoms with Gasteiger partial charge in [-0.3, -0.25) is 4.90 Å². The number of β-amino-alcohol motifs (C(OH)–C–C–N with tert-alkyl or cyclic N) is 1. The summed E-state index contributed by atoms with van der Waals surface area (Å²) in [4.78, 5) is 2.51. The molecule has 2 aliphatic rings. The number of nitrogens with zero attached hydrogens (tertiary/aromatic N) is 1. The second-order valence-corrected chi connectivity index (χ2v) is 6.29. The molecule has 2 fully saturated rings. The number of aliphatic hydroxyl groups excluding tert-OH is 1. The van der Waals surface area contributed by atoms with E-state index >= 15 is 0 Å². The lowest BCUT2D eigenvalue weighted by Crippen LogP contribution is -2.39. The largest absolute Gasteiger partial charge is 0.390 e. The summed E-state index contributed by atoms with van der Waals surface area (Å²) in [7, 11) is 0. The zero-order valence-electron chi connectivity index (χ0n) is 12.2. The molecule has 3 nitrogen and oxygen atoms in total. The summed E-state index contributed by atoms with van der Waals surface area (Å²) in [6.45, 7) is 2.69. The number of likely N-dealkylation sites (tertiary alicyclic amines) is 1. The molecule has 1 aliphatic carbocycles. The molecule has 2 N–H and O–H groups in total. The molecule has 110 valence electrons. The van der Waals surface area contributed by atoms with Crippen molar-refractivity contribution < 1.29 is 5.11 Å². The minimum absolute atomic E-state index is 0.220. The highest BCUT2D eigenvalue weighted by atomic mass is 16.3. The first-order valence-corrected chi connectivity index (χ1v) is 8.02. The van der Waals surface area contributed by atoms with Crippen LogP contribution in [-0.2, 0) is 6.54 Å². The third-order valence-corrected chi connectivity index (χ3v) is 4.82. The summed E-state index contributed by atoms with van der Waals surface area (Å²) in [5, 5.41) is 13.8. The smallest absolute Gasteiger partial charge is 0.0832 e. The van der Waals surface area contributed by atoms with Crippen molar-refractivity contribution in [2.75, 3.05) is 13.1 Å². The first kappa shape index (κ1) is 14.1. The maximum Gasteiger partial charge on any atom is 0.0832 e. The van der Waals surface area contributed by atoms with Crippen LogP contribution in [0.4, 0.5) is 0 Å². The van der Waals surface area contributed by atoms with E-state index in [-0.39, 0.29) is 12.1 Å². The standard InChI is InChI=1S/C17H26N2O/c20-17-13-19(15-9-5-2-6-10-15)12-16(17)18-11-14-7-3-1-4-8-14/h1,3-4,7-8,15-18,20H,2,5-6,9-13H2. The highest BCUT2D eigenvalue weighted by Crippen LogP contribution is 2.25. The average Bonchev–Trinajstić information content (AvgIpc) is 2.88. The fourth-order valence-electron chi connectivity index (χ4n) is 3.61. The Balaban J connectivity index is 1.50. The SMILES string of the molecule is OC1CN(C2CCCCC2)CC1NCc1ccccc1. The minimum atomic E-state index is -0.222. The number of benzene rings is 1. The van der Waals surface area contributed by atoms with E-state index in [9.17, 15) is 5.11 Å². The predicted octanol–water partition coefficient (Wildman–Crippen LogP) is 2.15. The first-order valence-electron chi connectivity index (χ1n) is 8.02. The summed E-state index contributed by atoms with van der Waals surface area (Å²) in [6, 6.07) is 11.4. The number of hydrogen-bond acceptors (Lipinski definition) is 3. The van der Waals surface area contributed by atoms with E-state index in [1.165, 1.54) is 37.7 Å². The average molecular weight is 274 g/mol. The number of nitrogens with one attached hydrogen (secondary N) is 1. The van der Waals surface area contributed by atoms with Crippen LogP contribution in [0.3, 0.4) is 0 Å². The molecule has 1 aliphatic heterocycles. The number of aliphatic hydroxyl groups is 1. The molecule has 1 aromatic carbocycles. The van der Waals surface area contributed by atoms with Gasteiger partial charge in [-0.15, -0.1) is 0 Å². The molecule has 3 rings (SSSR count). The first-order chi connectivity index (χ1) is 9.83. The Bertz CT molecular complexity index is 403. The van der Waals surface area contributed by atoms with Gasteiger partial charge in [-0.2, -0.15) is 0 Å². The van der Waals surface area contributed by atoms with Gasteiger partial charge in [-0.1, -0.05) is 49.6 Å². The van der Waals surface area contributed by atoms with Gasteiger partial charge >= 0.3 is 0 Å². The van der Waals surface area contributed by atoms with Crippen molar-refractivity contribution >= 4 is 0 Å². The van der Waals surface area contributed by atoms with Crippen LogP contribution in [-0.4, -0.2) is 41.3 Å². The van der Waals surface area contributed by atoms with Gasteiger partial charge in [-0.05, 0) is 18.4 Å². The molecule has 20 heavy (non-hydrogen) atoms. The maximum absolute atomic E-state index is 10.3. The minimum Gasteiger partial charge on any atom is -0.390 e. The molecule has 1 saturated heterocycles. The van der Waals surface area contributed by atoms with Gasteiger partial charge in [0.2, 0.25) is 0 Å². The molecule has 0 spiro atoms. The lowest BCUT2D eigenvalue weighted by Gasteiger charge is -2.30. The van der Waals surface area contributed by atoms with Gasteiger partial charge in [0.15, 0.2) is 0 Å². The fourth-order valence-corrected chi connectivity index (χ4v) is 3.61. The van der Waals surface area contributed by atoms with Crippen LogP contribution in [0, 0.1) is 0 Å². The number of rotatable bonds is 4. The summed E-state index contributed by atoms with van der Waals surface area (Å²) >= 11 is 0. The molecule has 1 saturated carbocycles. The summed E-state index contributed by atoms with van der Waals surface area (Å²) in [6.07, 6.45) is 6.53. The molecule has 2 atom stereocenters. The van der Waals surface area contributed by atoms with Crippen molar-refractivity contribution in [3.63, 3.8) is 0 Å². The molecule has 0 bridgehead atoms. The van der Waals surface area contributed by atoms with Crippen molar-refractivity contribution in [3.05, 3.63) is 35.9 Å². The number of hydrogen-bond donors (Lipinski definition) is 2. The summed E-state index contributed by atoms with van der Waals surface area (Å²) in [5.74, 6) is 0. The van der Waals surface area contributed by atoms with Crippen LogP contribution in [0.5, 0.6) is 0 Å². The second kappa shape index (κ2) is 6.70. The summed E-state index contributed by atoms with van der Waals surface area (Å²) < 4.78 is 0. The van der Waals surface area contributed by atoms with E-state index in [1.54, 1.807) is 0 Å². The van der Waals surface area contributed by atoms with Gasteiger partial charge < -0.3 is 10.4 Å². The Hall–Kier alpha value is -0.900. The third kappa shape index (κ3) is 3.40. The monoisotopic (exact) mass is 274 g/mol. The molecular weight excluding hydrogens is 248 g/mol. The van der Waals surface area contributed by atoms with Crippen molar-refractivity contribution in [3.8, 4) is 0 Å². The molecule has 0 radical (unpaired) electrons. The zero-order chi connectivity index (χ0) is 13.8. The van der Waals surface area contributed by atoms with Gasteiger partial charge in [0, 0.05) is 31.7 Å². The van der Waals surface area contributed by atoms with Crippen LogP contribution in [0.15, 0.2) is 30.3 Å². The van der Waals surface area contributed by atoms with Crippen LogP contribution in [0.1, 0.15) is 37.7 Å². The lowest BCUT2D eigenvalue weighted by molar-refractivity contribution is 0.135. The van der Waals surface area contributed by atoms with Crippen LogP contribution >= 0.6 is 0 Å². The van der Waals surface area contributed by atoms with E-state index in [0.717, 1.165) is 19.6 Å². The highest BCUT2D eigenvalue weighted by Gasteiger charge is 2.34. The molecular formula is C17H26N2O. The van der Waals surface area contributed by atoms with E-state index in [1.807, 2.05) is 6.07 Å². The normalized spacial score (nSPS) is 28.9. The summed E-state index contributed by atoms with van der Waals surface area (Å²) in [5.41, 5.74) is 1.29. The van der Waals surface area contributed by atoms with E-state index in [4.69, 9.17) is 0 Å². The Morgan fingerprint density at radius 1 is 1.05 bits per heavy atom. The molecule has 3 heteroatoms. The quantitative estimate of drug-likeness (QED) is 0.883. The molecule has 1 aromatic rings. The zero-order valence-corrected chi connectivity index (χ0v) is 12.2. The van der Waals surface area contributed by atoms with Crippen molar-refractivity contribution in [1.29, 1.82) is 0 Å². The molecule has 0 aromatic heterocycles. The van der Waals surface area contributed by atoms with Crippen LogP contribution in [0.25, 0.3) is 0 Å². The Morgan fingerprint density at radius 2 is 1.80 bits per heavy atom. The second-order valence-electron chi connectivity index (χ2n) is 6.29. The third-order valence-electron chi connectivity index (χ3n) is 4.82. The van der Waals surface area contributed by atoms with E-state index in [0.29, 0.717) is 6.04 Å². The van der Waals surface area contributed by atoms with E-state index in [2.05, 4.69) is 34.5 Å². The Kier molecular flexibility index (Phi) is 4.71. The van der Waals surface area contributed by atoms with Gasteiger partial charge in [0.1, 0.15) is 0 Å². The van der Waals surface area contributed by atoms with Crippen molar-refractivity contribution in [2.24, 2.45) is 0 Å². The van der Waals surface area contributed by atoms with Gasteiger partial charge in [0.05, 0.1) is 6.10 Å².